The number of nitrogens with two attached hydrogens (primary N) is 1. The maximum Gasteiger partial charge on any atom is 0.235 e. The summed E-state index contributed by atoms with van der Waals surface area (Å²) in [7, 11) is 0. The van der Waals surface area contributed by atoms with Crippen molar-refractivity contribution in [1.29, 1.82) is 0 Å². The molecule has 1 fully saturated rings. The predicted octanol–water partition coefficient (Wildman–Crippen LogP) is 0.0472. The summed E-state index contributed by atoms with van der Waals surface area (Å²) in [4.78, 5) is 27.2. The highest BCUT2D eigenvalue weighted by molar-refractivity contribution is 8.04. The summed E-state index contributed by atoms with van der Waals surface area (Å²) in [6.45, 7) is 3.26. The molecule has 3 aliphatic rings. The quantitative estimate of drug-likeness (QED) is 0.766. The number of nitrogens with one attached hydrogen (secondary N) is 1. The molecule has 7 heteroatoms. The summed E-state index contributed by atoms with van der Waals surface area (Å²) in [5, 5.41) is 2.76. The fourth-order valence-corrected chi connectivity index (χ4v) is 4.78. The van der Waals surface area contributed by atoms with Gasteiger partial charge < -0.3 is 15.8 Å². The SMILES string of the molecule is NC(=O)C1C2=C(CCC2)SC1NC(=O)CN1CCOCC1. The smallest absolute Gasteiger partial charge is 0.235 e. The fraction of sp³-hybridized carbons (Fsp3) is 0.714. The summed E-state index contributed by atoms with van der Waals surface area (Å²) in [6.07, 6.45) is 3.04. The number of ether oxygens (including phenoxy) is 1. The van der Waals surface area contributed by atoms with E-state index in [0.29, 0.717) is 19.8 Å². The number of carbonyl (C=O) groups excluding carboxylic acids is 2. The van der Waals surface area contributed by atoms with E-state index in [9.17, 15) is 9.59 Å². The molecule has 0 bridgehead atoms. The third-order valence-corrected chi connectivity index (χ3v) is 5.63. The van der Waals surface area contributed by atoms with Crippen LogP contribution in [0.4, 0.5) is 0 Å². The number of thioether (sulfide) groups is 1. The van der Waals surface area contributed by atoms with Crippen molar-refractivity contribution in [2.45, 2.75) is 24.6 Å². The normalized spacial score (nSPS) is 29.5. The van der Waals surface area contributed by atoms with Crippen molar-refractivity contribution in [2.75, 3.05) is 32.8 Å². The van der Waals surface area contributed by atoms with Crippen molar-refractivity contribution in [3.05, 3.63) is 10.5 Å². The molecule has 0 radical (unpaired) electrons. The van der Waals surface area contributed by atoms with Crippen LogP contribution < -0.4 is 11.1 Å². The Balaban J connectivity index is 1.57. The molecule has 1 saturated heterocycles. The largest absolute Gasteiger partial charge is 0.379 e. The Labute approximate surface area is 128 Å². The molecule has 2 unspecified atom stereocenters. The molecule has 0 aromatic heterocycles. The molecule has 21 heavy (non-hydrogen) atoms. The number of carbonyl (C=O) groups is 2. The highest BCUT2D eigenvalue weighted by Gasteiger charge is 2.41. The second-order valence-electron chi connectivity index (χ2n) is 5.68. The van der Waals surface area contributed by atoms with Crippen LogP contribution in [0.25, 0.3) is 0 Å². The summed E-state index contributed by atoms with van der Waals surface area (Å²) >= 11 is 1.61. The molecule has 3 N–H and O–H groups in total. The number of allylic oxidation sites excluding steroid dienone is 1. The molecule has 116 valence electrons. The zero-order valence-corrected chi connectivity index (χ0v) is 12.8. The number of nitrogens with zero attached hydrogens (tertiary/aromatic N) is 1. The van der Waals surface area contributed by atoms with Crippen molar-refractivity contribution >= 4 is 23.6 Å². The molecular weight excluding hydrogens is 290 g/mol. The standard InChI is InChI=1S/C14H21N3O3S/c15-13(19)12-9-2-1-3-10(9)21-14(12)16-11(18)8-17-4-6-20-7-5-17/h12,14H,1-8H2,(H2,15,19)(H,16,18). The van der Waals surface area contributed by atoms with E-state index in [1.807, 2.05) is 0 Å². The average molecular weight is 311 g/mol. The Hall–Kier alpha value is -1.05. The van der Waals surface area contributed by atoms with Crippen molar-refractivity contribution < 1.29 is 14.3 Å². The molecule has 3 rings (SSSR count). The van der Waals surface area contributed by atoms with E-state index in [1.165, 1.54) is 4.91 Å². The van der Waals surface area contributed by atoms with Gasteiger partial charge in [-0.3, -0.25) is 14.5 Å². The van der Waals surface area contributed by atoms with Gasteiger partial charge in [-0.15, -0.1) is 11.8 Å². The molecular formula is C14H21N3O3S. The summed E-state index contributed by atoms with van der Waals surface area (Å²) in [6, 6.07) is 0. The highest BCUT2D eigenvalue weighted by atomic mass is 32.2. The molecule has 2 amide bonds. The summed E-state index contributed by atoms with van der Waals surface area (Å²) < 4.78 is 5.27. The van der Waals surface area contributed by atoms with Crippen LogP contribution in [0.3, 0.4) is 0 Å². The van der Waals surface area contributed by atoms with Gasteiger partial charge in [-0.25, -0.2) is 0 Å². The van der Waals surface area contributed by atoms with Gasteiger partial charge in [0.25, 0.3) is 0 Å². The lowest BCUT2D eigenvalue weighted by molar-refractivity contribution is -0.124. The van der Waals surface area contributed by atoms with Gasteiger partial charge in [-0.05, 0) is 29.7 Å². The zero-order valence-electron chi connectivity index (χ0n) is 12.0. The first kappa shape index (κ1) is 14.9. The van der Waals surface area contributed by atoms with E-state index >= 15 is 0 Å². The molecule has 0 saturated carbocycles. The van der Waals surface area contributed by atoms with Gasteiger partial charge in [-0.1, -0.05) is 0 Å². The minimum absolute atomic E-state index is 0.0400. The van der Waals surface area contributed by atoms with Crippen LogP contribution in [0.15, 0.2) is 10.5 Å². The van der Waals surface area contributed by atoms with E-state index in [0.717, 1.165) is 37.9 Å². The maximum absolute atomic E-state index is 12.2. The van der Waals surface area contributed by atoms with Crippen LogP contribution in [-0.4, -0.2) is 54.9 Å². The number of amides is 2. The first-order chi connectivity index (χ1) is 10.1. The minimum atomic E-state index is -0.332. The Bertz CT molecular complexity index is 474. The van der Waals surface area contributed by atoms with E-state index in [-0.39, 0.29) is 23.1 Å². The van der Waals surface area contributed by atoms with E-state index in [2.05, 4.69) is 10.2 Å². The molecule has 2 heterocycles. The summed E-state index contributed by atoms with van der Waals surface area (Å²) in [5.41, 5.74) is 6.70. The maximum atomic E-state index is 12.2. The number of rotatable bonds is 4. The lowest BCUT2D eigenvalue weighted by atomic mass is 9.97. The average Bonchev–Trinajstić information content (AvgIpc) is 2.99. The minimum Gasteiger partial charge on any atom is -0.379 e. The van der Waals surface area contributed by atoms with Crippen molar-refractivity contribution in [3.63, 3.8) is 0 Å². The zero-order chi connectivity index (χ0) is 14.8. The third kappa shape index (κ3) is 3.25. The Morgan fingerprint density at radius 3 is 2.81 bits per heavy atom. The number of hydrogen-bond donors (Lipinski definition) is 2. The molecule has 1 aliphatic carbocycles. The number of primary amides is 1. The number of hydrogen-bond acceptors (Lipinski definition) is 5. The second kappa shape index (κ2) is 6.37. The van der Waals surface area contributed by atoms with Gasteiger partial charge in [0.15, 0.2) is 0 Å². The highest BCUT2D eigenvalue weighted by Crippen LogP contribution is 2.49. The lowest BCUT2D eigenvalue weighted by Crippen LogP contribution is -2.48. The van der Waals surface area contributed by atoms with Crippen LogP contribution in [0.1, 0.15) is 19.3 Å². The monoisotopic (exact) mass is 311 g/mol. The summed E-state index contributed by atoms with van der Waals surface area (Å²) in [5.74, 6) is -0.700. The van der Waals surface area contributed by atoms with Gasteiger partial charge in [0.1, 0.15) is 0 Å². The van der Waals surface area contributed by atoms with Crippen LogP contribution in [0, 0.1) is 5.92 Å². The van der Waals surface area contributed by atoms with Crippen molar-refractivity contribution in [1.82, 2.24) is 10.2 Å². The lowest BCUT2D eigenvalue weighted by Gasteiger charge is -2.27. The van der Waals surface area contributed by atoms with Crippen LogP contribution in [0.5, 0.6) is 0 Å². The fourth-order valence-electron chi connectivity index (χ4n) is 3.21. The first-order valence-corrected chi connectivity index (χ1v) is 8.30. The van der Waals surface area contributed by atoms with Gasteiger partial charge in [0.2, 0.25) is 11.8 Å². The second-order valence-corrected chi connectivity index (χ2v) is 6.91. The Morgan fingerprint density at radius 2 is 2.10 bits per heavy atom. The van der Waals surface area contributed by atoms with Gasteiger partial charge >= 0.3 is 0 Å². The van der Waals surface area contributed by atoms with Crippen LogP contribution in [-0.2, 0) is 14.3 Å². The van der Waals surface area contributed by atoms with Crippen molar-refractivity contribution in [3.8, 4) is 0 Å². The van der Waals surface area contributed by atoms with Gasteiger partial charge in [0.05, 0.1) is 31.1 Å². The van der Waals surface area contributed by atoms with Gasteiger partial charge in [-0.2, -0.15) is 0 Å². The third-order valence-electron chi connectivity index (χ3n) is 4.24. The van der Waals surface area contributed by atoms with E-state index in [4.69, 9.17) is 10.5 Å². The molecule has 0 aromatic rings. The van der Waals surface area contributed by atoms with Crippen LogP contribution in [0.2, 0.25) is 0 Å². The van der Waals surface area contributed by atoms with Gasteiger partial charge in [0, 0.05) is 13.1 Å². The van der Waals surface area contributed by atoms with E-state index < -0.39 is 0 Å². The first-order valence-electron chi connectivity index (χ1n) is 7.42. The van der Waals surface area contributed by atoms with Crippen LogP contribution >= 0.6 is 11.8 Å². The van der Waals surface area contributed by atoms with Crippen molar-refractivity contribution in [2.24, 2.45) is 11.7 Å². The van der Waals surface area contributed by atoms with E-state index in [1.54, 1.807) is 11.8 Å². The molecule has 2 aliphatic heterocycles. The Morgan fingerprint density at radius 1 is 1.33 bits per heavy atom. The predicted molar refractivity (Wildman–Crippen MR) is 80.3 cm³/mol. The molecule has 6 nitrogen and oxygen atoms in total. The Kier molecular flexibility index (Phi) is 4.51. The number of morpholine rings is 1. The molecule has 0 aromatic carbocycles. The molecule has 0 spiro atoms. The molecule has 2 atom stereocenters. The topological polar surface area (TPSA) is 84.7 Å².